The summed E-state index contributed by atoms with van der Waals surface area (Å²) in [6, 6.07) is 3.18. The number of sulfonamides is 1. The second-order valence-corrected chi connectivity index (χ2v) is 7.60. The molecule has 0 unspecified atom stereocenters. The van der Waals surface area contributed by atoms with Crippen LogP contribution in [0, 0.1) is 0 Å². The van der Waals surface area contributed by atoms with Crippen LogP contribution in [0.15, 0.2) is 26.0 Å². The number of anilines is 1. The highest BCUT2D eigenvalue weighted by Gasteiger charge is 2.21. The zero-order valence-corrected chi connectivity index (χ0v) is 14.6. The fraction of sp³-hybridized carbons (Fsp3) is 0.455. The van der Waals surface area contributed by atoms with Crippen LogP contribution in [0.3, 0.4) is 0 Å². The molecule has 0 aliphatic carbocycles. The van der Waals surface area contributed by atoms with Crippen LogP contribution in [-0.2, 0) is 14.8 Å². The lowest BCUT2D eigenvalue weighted by Gasteiger charge is -2.12. The van der Waals surface area contributed by atoms with Crippen LogP contribution in [0.4, 0.5) is 5.69 Å². The number of nitrogens with one attached hydrogen (secondary N) is 1. The highest BCUT2D eigenvalue weighted by molar-refractivity contribution is 9.11. The molecule has 1 aromatic rings. The van der Waals surface area contributed by atoms with Crippen molar-refractivity contribution in [1.82, 2.24) is 4.72 Å². The Morgan fingerprint density at radius 2 is 2.00 bits per heavy atom. The highest BCUT2D eigenvalue weighted by atomic mass is 79.9. The Morgan fingerprint density at radius 3 is 2.53 bits per heavy atom. The average Bonchev–Trinajstić information content (AvgIpc) is 2.22. The van der Waals surface area contributed by atoms with Crippen molar-refractivity contribution < 1.29 is 13.2 Å². The molecule has 0 aliphatic heterocycles. The van der Waals surface area contributed by atoms with E-state index in [2.05, 4.69) is 36.6 Å². The molecule has 8 heteroatoms. The van der Waals surface area contributed by atoms with Gasteiger partial charge in [-0.05, 0) is 41.9 Å². The lowest BCUT2D eigenvalue weighted by atomic mass is 10.3. The maximum absolute atomic E-state index is 12.1. The minimum Gasteiger partial charge on any atom is -0.398 e. The van der Waals surface area contributed by atoms with E-state index in [9.17, 15) is 8.42 Å². The van der Waals surface area contributed by atoms with Crippen LogP contribution in [0.1, 0.15) is 13.8 Å². The minimum absolute atomic E-state index is 0.0419. The Labute approximate surface area is 130 Å². The smallest absolute Gasteiger partial charge is 0.243 e. The largest absolute Gasteiger partial charge is 0.398 e. The number of benzene rings is 1. The number of nitrogen functional groups attached to an aromatic ring is 1. The lowest BCUT2D eigenvalue weighted by Crippen LogP contribution is -2.29. The predicted octanol–water partition coefficient (Wildman–Crippen LogP) is 2.50. The first-order valence-corrected chi connectivity index (χ1v) is 8.66. The van der Waals surface area contributed by atoms with Gasteiger partial charge in [-0.2, -0.15) is 0 Å². The molecule has 0 bridgehead atoms. The van der Waals surface area contributed by atoms with E-state index in [-0.39, 0.29) is 23.2 Å². The molecule has 0 aliphatic rings. The number of hydrogen-bond acceptors (Lipinski definition) is 4. The van der Waals surface area contributed by atoms with Gasteiger partial charge in [-0.15, -0.1) is 0 Å². The van der Waals surface area contributed by atoms with Gasteiger partial charge >= 0.3 is 0 Å². The standard InChI is InChI=1S/C11H16Br2N2O3S/c1-7(2)18-4-3-15-19(16,17)11-9(13)5-8(12)6-10(11)14/h5-7,15H,3-4,14H2,1-2H3. The summed E-state index contributed by atoms with van der Waals surface area (Å²) in [6.45, 7) is 4.28. The number of rotatable bonds is 6. The Bertz CT molecular complexity index is 524. The maximum Gasteiger partial charge on any atom is 0.243 e. The molecule has 0 amide bonds. The molecule has 0 fully saturated rings. The molecule has 0 saturated carbocycles. The molecule has 1 aromatic carbocycles. The van der Waals surface area contributed by atoms with Crippen LogP contribution < -0.4 is 10.5 Å². The topological polar surface area (TPSA) is 81.4 Å². The van der Waals surface area contributed by atoms with E-state index >= 15 is 0 Å². The summed E-state index contributed by atoms with van der Waals surface area (Å²) in [4.78, 5) is 0.0419. The average molecular weight is 416 g/mol. The van der Waals surface area contributed by atoms with Gasteiger partial charge in [-0.25, -0.2) is 13.1 Å². The van der Waals surface area contributed by atoms with E-state index < -0.39 is 10.0 Å². The van der Waals surface area contributed by atoms with Crippen molar-refractivity contribution in [3.05, 3.63) is 21.1 Å². The lowest BCUT2D eigenvalue weighted by molar-refractivity contribution is 0.0834. The molecular weight excluding hydrogens is 400 g/mol. The molecule has 0 heterocycles. The Kier molecular flexibility index (Phi) is 6.25. The van der Waals surface area contributed by atoms with Crippen LogP contribution in [0.5, 0.6) is 0 Å². The molecular formula is C11H16Br2N2O3S. The van der Waals surface area contributed by atoms with E-state index in [1.807, 2.05) is 13.8 Å². The summed E-state index contributed by atoms with van der Waals surface area (Å²) in [5.74, 6) is 0. The number of halogens is 2. The van der Waals surface area contributed by atoms with Crippen LogP contribution >= 0.6 is 31.9 Å². The monoisotopic (exact) mass is 414 g/mol. The molecule has 0 spiro atoms. The summed E-state index contributed by atoms with van der Waals surface area (Å²) in [5, 5.41) is 0. The van der Waals surface area contributed by atoms with Crippen molar-refractivity contribution in [2.45, 2.75) is 24.8 Å². The van der Waals surface area contributed by atoms with Crippen molar-refractivity contribution in [3.8, 4) is 0 Å². The van der Waals surface area contributed by atoms with Gasteiger partial charge in [-0.3, -0.25) is 0 Å². The van der Waals surface area contributed by atoms with Gasteiger partial charge in [-0.1, -0.05) is 15.9 Å². The maximum atomic E-state index is 12.1. The first-order chi connectivity index (χ1) is 8.74. The van der Waals surface area contributed by atoms with Crippen molar-refractivity contribution in [1.29, 1.82) is 0 Å². The Morgan fingerprint density at radius 1 is 1.37 bits per heavy atom. The van der Waals surface area contributed by atoms with Crippen LogP contribution in [0.2, 0.25) is 0 Å². The minimum atomic E-state index is -3.66. The van der Waals surface area contributed by atoms with Gasteiger partial charge in [0.05, 0.1) is 18.4 Å². The highest BCUT2D eigenvalue weighted by Crippen LogP contribution is 2.31. The summed E-state index contributed by atoms with van der Waals surface area (Å²) >= 11 is 6.45. The Hall–Kier alpha value is -0.150. The molecule has 0 aromatic heterocycles. The van der Waals surface area contributed by atoms with Crippen LogP contribution in [0.25, 0.3) is 0 Å². The van der Waals surface area contributed by atoms with Gasteiger partial charge < -0.3 is 10.5 Å². The van der Waals surface area contributed by atoms with E-state index in [4.69, 9.17) is 10.5 Å². The quantitative estimate of drug-likeness (QED) is 0.552. The summed E-state index contributed by atoms with van der Waals surface area (Å²) in [7, 11) is -3.66. The second kappa shape index (κ2) is 7.03. The first kappa shape index (κ1) is 16.9. The fourth-order valence-electron chi connectivity index (χ4n) is 1.41. The fourth-order valence-corrected chi connectivity index (χ4v) is 4.49. The second-order valence-electron chi connectivity index (χ2n) is 4.12. The van der Waals surface area contributed by atoms with Crippen molar-refractivity contribution in [2.75, 3.05) is 18.9 Å². The van der Waals surface area contributed by atoms with E-state index in [1.165, 1.54) is 0 Å². The van der Waals surface area contributed by atoms with Gasteiger partial charge in [0.2, 0.25) is 10.0 Å². The molecule has 108 valence electrons. The zero-order valence-electron chi connectivity index (χ0n) is 10.6. The van der Waals surface area contributed by atoms with Gasteiger partial charge in [0.1, 0.15) is 4.90 Å². The number of hydrogen-bond donors (Lipinski definition) is 2. The third-order valence-corrected chi connectivity index (χ3v) is 5.07. The summed E-state index contributed by atoms with van der Waals surface area (Å²) < 4.78 is 33.1. The predicted molar refractivity (Wildman–Crippen MR) is 82.5 cm³/mol. The van der Waals surface area contributed by atoms with Crippen LogP contribution in [-0.4, -0.2) is 27.7 Å². The van der Waals surface area contributed by atoms with Crippen molar-refractivity contribution in [3.63, 3.8) is 0 Å². The number of ether oxygens (including phenoxy) is 1. The SMILES string of the molecule is CC(C)OCCNS(=O)(=O)c1c(N)cc(Br)cc1Br. The van der Waals surface area contributed by atoms with E-state index in [0.29, 0.717) is 15.6 Å². The Balaban J connectivity index is 2.84. The molecule has 3 N–H and O–H groups in total. The molecule has 0 radical (unpaired) electrons. The van der Waals surface area contributed by atoms with Gasteiger partial charge in [0.15, 0.2) is 0 Å². The van der Waals surface area contributed by atoms with E-state index in [0.717, 1.165) is 0 Å². The third kappa shape index (κ3) is 5.03. The molecule has 0 atom stereocenters. The molecule has 19 heavy (non-hydrogen) atoms. The summed E-state index contributed by atoms with van der Waals surface area (Å²) in [6.07, 6.45) is 0.0639. The normalized spacial score (nSPS) is 12.1. The molecule has 1 rings (SSSR count). The van der Waals surface area contributed by atoms with Gasteiger partial charge in [0, 0.05) is 15.5 Å². The zero-order chi connectivity index (χ0) is 14.6. The first-order valence-electron chi connectivity index (χ1n) is 5.60. The summed E-state index contributed by atoms with van der Waals surface area (Å²) in [5.41, 5.74) is 5.93. The third-order valence-electron chi connectivity index (χ3n) is 2.15. The van der Waals surface area contributed by atoms with E-state index in [1.54, 1.807) is 12.1 Å². The van der Waals surface area contributed by atoms with Gasteiger partial charge in [0.25, 0.3) is 0 Å². The number of nitrogens with two attached hydrogens (primary N) is 1. The van der Waals surface area contributed by atoms with Crippen molar-refractivity contribution >= 4 is 47.6 Å². The molecule has 5 nitrogen and oxygen atoms in total. The molecule has 0 saturated heterocycles. The van der Waals surface area contributed by atoms with Crippen molar-refractivity contribution in [2.24, 2.45) is 0 Å².